The van der Waals surface area contributed by atoms with Crippen molar-refractivity contribution in [3.63, 3.8) is 0 Å². The summed E-state index contributed by atoms with van der Waals surface area (Å²) in [6.07, 6.45) is 7.53. The van der Waals surface area contributed by atoms with Crippen molar-refractivity contribution in [3.05, 3.63) is 41.2 Å². The third-order valence-electron chi connectivity index (χ3n) is 5.43. The van der Waals surface area contributed by atoms with Crippen LogP contribution in [0.5, 0.6) is 5.75 Å². The molecule has 3 amide bonds. The predicted molar refractivity (Wildman–Crippen MR) is 130 cm³/mol. The minimum atomic E-state index is -0.528. The number of terminal acetylenes is 1. The molecule has 0 unspecified atom stereocenters. The summed E-state index contributed by atoms with van der Waals surface area (Å²) < 4.78 is 10.6. The first-order valence-corrected chi connectivity index (χ1v) is 10.9. The van der Waals surface area contributed by atoms with E-state index in [-0.39, 0.29) is 36.4 Å². The molecule has 11 nitrogen and oxygen atoms in total. The number of nitrogens with one attached hydrogen (secondary N) is 1. The van der Waals surface area contributed by atoms with E-state index < -0.39 is 6.03 Å². The van der Waals surface area contributed by atoms with Gasteiger partial charge in [-0.25, -0.2) is 14.8 Å². The topological polar surface area (TPSA) is 117 Å². The molecule has 3 rings (SSSR count). The molecule has 35 heavy (non-hydrogen) atoms. The number of rotatable bonds is 9. The summed E-state index contributed by atoms with van der Waals surface area (Å²) in [5.74, 6) is 3.35. The van der Waals surface area contributed by atoms with E-state index in [0.717, 1.165) is 6.54 Å². The first-order valence-electron chi connectivity index (χ1n) is 10.9. The maximum absolute atomic E-state index is 12.8. The molecule has 0 radical (unpaired) electrons. The Kier molecular flexibility index (Phi) is 8.72. The number of anilines is 2. The predicted octanol–water partition coefficient (Wildman–Crippen LogP) is 1.24. The molecule has 0 aromatic carbocycles. The number of urea groups is 1. The van der Waals surface area contributed by atoms with E-state index in [1.54, 1.807) is 24.1 Å². The normalized spacial score (nSPS) is 13.8. The Morgan fingerprint density at radius 2 is 2.14 bits per heavy atom. The van der Waals surface area contributed by atoms with Crippen molar-refractivity contribution < 1.29 is 23.9 Å². The zero-order chi connectivity index (χ0) is 25.4. The maximum atomic E-state index is 12.8. The molecule has 1 aliphatic heterocycles. The first kappa shape index (κ1) is 25.6. The standard InChI is InChI=1S/C24H28N6O5/c1-5-17-13-25-21(12-20(17)35-11-10-34-4)27-24(33)29(3)22-7-6-18(19(16-31)26-22)14-30-9-8-28(2)15-23(30)32/h1,6-7,12-13,16H,8-11,14-15H2,2-4H3,(H,25,27,33). The third-order valence-corrected chi connectivity index (χ3v) is 5.43. The van der Waals surface area contributed by atoms with Gasteiger partial charge in [-0.15, -0.1) is 6.42 Å². The van der Waals surface area contributed by atoms with Gasteiger partial charge in [0.05, 0.1) is 18.7 Å². The molecule has 184 valence electrons. The van der Waals surface area contributed by atoms with Gasteiger partial charge in [0.25, 0.3) is 0 Å². The Labute approximate surface area is 204 Å². The fourth-order valence-corrected chi connectivity index (χ4v) is 3.38. The average molecular weight is 481 g/mol. The van der Waals surface area contributed by atoms with E-state index in [1.807, 2.05) is 11.9 Å². The highest BCUT2D eigenvalue weighted by Crippen LogP contribution is 2.22. The number of hydrogen-bond acceptors (Lipinski definition) is 8. The number of carbonyl (C=O) groups excluding carboxylic acids is 3. The molecular formula is C24H28N6O5. The van der Waals surface area contributed by atoms with Gasteiger partial charge in [0.1, 0.15) is 29.7 Å². The van der Waals surface area contributed by atoms with Crippen LogP contribution in [-0.4, -0.2) is 92.0 Å². The molecule has 2 aromatic heterocycles. The lowest BCUT2D eigenvalue weighted by Gasteiger charge is -2.32. The van der Waals surface area contributed by atoms with E-state index in [4.69, 9.17) is 15.9 Å². The van der Waals surface area contributed by atoms with Gasteiger partial charge in [0.15, 0.2) is 6.29 Å². The van der Waals surface area contributed by atoms with Gasteiger partial charge in [0.2, 0.25) is 5.91 Å². The van der Waals surface area contributed by atoms with E-state index in [0.29, 0.717) is 42.9 Å². The minimum Gasteiger partial charge on any atom is -0.490 e. The Bertz CT molecular complexity index is 1130. The second-order valence-corrected chi connectivity index (χ2v) is 7.93. The second kappa shape index (κ2) is 11.9. The molecule has 1 aliphatic rings. The molecule has 0 aliphatic carbocycles. The van der Waals surface area contributed by atoms with Crippen LogP contribution in [0, 0.1) is 12.3 Å². The van der Waals surface area contributed by atoms with Crippen molar-refractivity contribution in [2.45, 2.75) is 6.54 Å². The number of piperazine rings is 1. The summed E-state index contributed by atoms with van der Waals surface area (Å²) in [4.78, 5) is 50.1. The van der Waals surface area contributed by atoms with Crippen LogP contribution in [0.1, 0.15) is 21.6 Å². The molecule has 11 heteroatoms. The van der Waals surface area contributed by atoms with Gasteiger partial charge in [-0.05, 0) is 13.1 Å². The number of likely N-dealkylation sites (N-methyl/N-ethyl adjacent to an activating group) is 1. The van der Waals surface area contributed by atoms with Crippen LogP contribution in [-0.2, 0) is 16.1 Å². The highest BCUT2D eigenvalue weighted by Gasteiger charge is 2.23. The van der Waals surface area contributed by atoms with Crippen molar-refractivity contribution in [2.75, 3.05) is 64.3 Å². The lowest BCUT2D eigenvalue weighted by Crippen LogP contribution is -2.48. The number of ether oxygens (including phenoxy) is 2. The summed E-state index contributed by atoms with van der Waals surface area (Å²) in [6, 6.07) is 4.32. The summed E-state index contributed by atoms with van der Waals surface area (Å²) in [7, 11) is 4.96. The summed E-state index contributed by atoms with van der Waals surface area (Å²) >= 11 is 0. The molecule has 0 saturated carbocycles. The first-order chi connectivity index (χ1) is 16.9. The van der Waals surface area contributed by atoms with Crippen LogP contribution in [0.3, 0.4) is 0 Å². The molecule has 0 bridgehead atoms. The molecular weight excluding hydrogens is 452 g/mol. The van der Waals surface area contributed by atoms with Crippen LogP contribution in [0.25, 0.3) is 0 Å². The molecule has 0 spiro atoms. The van der Waals surface area contributed by atoms with Gasteiger partial charge >= 0.3 is 6.03 Å². The highest BCUT2D eigenvalue weighted by atomic mass is 16.5. The zero-order valence-electron chi connectivity index (χ0n) is 20.0. The SMILES string of the molecule is C#Cc1cnc(NC(=O)N(C)c2ccc(CN3CCN(C)CC3=O)c(C=O)n2)cc1OCCOC. The minimum absolute atomic E-state index is 0.00917. The van der Waals surface area contributed by atoms with E-state index in [2.05, 4.69) is 21.2 Å². The number of hydrogen-bond donors (Lipinski definition) is 1. The molecule has 3 heterocycles. The molecule has 2 aromatic rings. The highest BCUT2D eigenvalue weighted by molar-refractivity contribution is 6.00. The van der Waals surface area contributed by atoms with Gasteiger partial charge in [-0.3, -0.25) is 24.7 Å². The molecule has 1 fully saturated rings. The number of methoxy groups -OCH3 is 1. The van der Waals surface area contributed by atoms with Crippen LogP contribution >= 0.6 is 0 Å². The van der Waals surface area contributed by atoms with Crippen LogP contribution < -0.4 is 15.0 Å². The Hall–Kier alpha value is -4.01. The quantitative estimate of drug-likeness (QED) is 0.324. The Morgan fingerprint density at radius 3 is 2.83 bits per heavy atom. The number of pyridine rings is 2. The summed E-state index contributed by atoms with van der Waals surface area (Å²) in [6.45, 7) is 2.60. The van der Waals surface area contributed by atoms with Gasteiger partial charge in [-0.1, -0.05) is 12.0 Å². The lowest BCUT2D eigenvalue weighted by molar-refractivity contribution is -0.136. The second-order valence-electron chi connectivity index (χ2n) is 7.93. The number of aldehydes is 1. The number of carbonyl (C=O) groups is 3. The molecule has 1 N–H and O–H groups in total. The Balaban J connectivity index is 1.71. The smallest absolute Gasteiger partial charge is 0.328 e. The van der Waals surface area contributed by atoms with Crippen molar-refractivity contribution in [2.24, 2.45) is 0 Å². The fraction of sp³-hybridized carbons (Fsp3) is 0.375. The number of amides is 3. The summed E-state index contributed by atoms with van der Waals surface area (Å²) in [5, 5.41) is 2.66. The van der Waals surface area contributed by atoms with Gasteiger partial charge < -0.3 is 14.4 Å². The molecule has 0 atom stereocenters. The third kappa shape index (κ3) is 6.53. The monoisotopic (exact) mass is 480 g/mol. The maximum Gasteiger partial charge on any atom is 0.328 e. The number of nitrogens with zero attached hydrogens (tertiary/aromatic N) is 5. The average Bonchev–Trinajstić information content (AvgIpc) is 2.85. The van der Waals surface area contributed by atoms with E-state index in [9.17, 15) is 14.4 Å². The Morgan fingerprint density at radius 1 is 1.34 bits per heavy atom. The van der Waals surface area contributed by atoms with Crippen molar-refractivity contribution in [1.82, 2.24) is 19.8 Å². The van der Waals surface area contributed by atoms with Crippen LogP contribution in [0.15, 0.2) is 24.4 Å². The number of aromatic nitrogens is 2. The summed E-state index contributed by atoms with van der Waals surface area (Å²) in [5.41, 5.74) is 1.22. The fourth-order valence-electron chi connectivity index (χ4n) is 3.38. The van der Waals surface area contributed by atoms with E-state index >= 15 is 0 Å². The van der Waals surface area contributed by atoms with Crippen molar-refractivity contribution >= 4 is 29.9 Å². The van der Waals surface area contributed by atoms with Crippen molar-refractivity contribution in [1.29, 1.82) is 0 Å². The van der Waals surface area contributed by atoms with Gasteiger partial charge in [-0.2, -0.15) is 0 Å². The molecule has 1 saturated heterocycles. The zero-order valence-corrected chi connectivity index (χ0v) is 20.0. The lowest BCUT2D eigenvalue weighted by atomic mass is 10.1. The largest absolute Gasteiger partial charge is 0.490 e. The van der Waals surface area contributed by atoms with E-state index in [1.165, 1.54) is 24.2 Å². The van der Waals surface area contributed by atoms with Gasteiger partial charge in [0, 0.05) is 51.6 Å². The van der Waals surface area contributed by atoms with Crippen LogP contribution in [0.4, 0.5) is 16.4 Å². The van der Waals surface area contributed by atoms with Crippen molar-refractivity contribution in [3.8, 4) is 18.1 Å². The van der Waals surface area contributed by atoms with Crippen LogP contribution in [0.2, 0.25) is 0 Å².